The SMILES string of the molecule is Cc1noc(=O)c2ccc(NC(=O)C(O)(CC(C)(C)c3ccc(C(F)(F)F)cc3)C(F)(F)F)cc12.Cc1noc(=O)c2ccccc12. The van der Waals surface area contributed by atoms with Crippen molar-refractivity contribution in [3.05, 3.63) is 110 Å². The molecule has 1 amide bonds. The van der Waals surface area contributed by atoms with E-state index in [1.807, 2.05) is 24.4 Å². The fourth-order valence-electron chi connectivity index (χ4n) is 4.89. The molecule has 2 N–H and O–H groups in total. The number of hydrogen-bond acceptors (Lipinski definition) is 8. The van der Waals surface area contributed by atoms with Crippen molar-refractivity contribution >= 4 is 33.1 Å². The Morgan fingerprint density at radius 1 is 0.745 bits per heavy atom. The molecule has 0 saturated carbocycles. The van der Waals surface area contributed by atoms with Gasteiger partial charge in [-0.2, -0.15) is 26.3 Å². The Labute approximate surface area is 261 Å². The van der Waals surface area contributed by atoms with E-state index in [9.17, 15) is 45.8 Å². The summed E-state index contributed by atoms with van der Waals surface area (Å²) in [4.78, 5) is 35.6. The number of nitrogens with zero attached hydrogens (tertiary/aromatic N) is 2. The van der Waals surface area contributed by atoms with E-state index in [1.165, 1.54) is 32.9 Å². The van der Waals surface area contributed by atoms with Crippen molar-refractivity contribution in [2.75, 3.05) is 5.32 Å². The van der Waals surface area contributed by atoms with Crippen LogP contribution in [0.25, 0.3) is 21.5 Å². The van der Waals surface area contributed by atoms with Crippen molar-refractivity contribution in [1.82, 2.24) is 10.3 Å². The number of fused-ring (bicyclic) bond motifs is 2. The van der Waals surface area contributed by atoms with Crippen LogP contribution in [0.2, 0.25) is 0 Å². The molecule has 2 heterocycles. The summed E-state index contributed by atoms with van der Waals surface area (Å²) < 4.78 is 89.5. The third-order valence-corrected chi connectivity index (χ3v) is 7.49. The fourth-order valence-corrected chi connectivity index (χ4v) is 4.89. The first kappa shape index (κ1) is 34.8. The monoisotopic (exact) mass is 663 g/mol. The number of carbonyl (C=O) groups excluding carboxylic acids is 1. The third kappa shape index (κ3) is 7.35. The lowest BCUT2D eigenvalue weighted by Crippen LogP contribution is -2.57. The number of rotatable bonds is 5. The second-order valence-electron chi connectivity index (χ2n) is 11.4. The number of aliphatic hydroxyl groups is 1. The molecule has 0 saturated heterocycles. The number of anilines is 1. The molecule has 0 aliphatic heterocycles. The number of nitrogens with one attached hydrogen (secondary N) is 1. The van der Waals surface area contributed by atoms with Crippen LogP contribution < -0.4 is 16.6 Å². The maximum Gasteiger partial charge on any atom is 0.426 e. The van der Waals surface area contributed by atoms with Crippen molar-refractivity contribution in [3.63, 3.8) is 0 Å². The predicted molar refractivity (Wildman–Crippen MR) is 159 cm³/mol. The molecule has 0 aliphatic carbocycles. The molecule has 0 bridgehead atoms. The van der Waals surface area contributed by atoms with Gasteiger partial charge in [0, 0.05) is 22.9 Å². The third-order valence-electron chi connectivity index (χ3n) is 7.49. The number of hydrogen-bond donors (Lipinski definition) is 2. The summed E-state index contributed by atoms with van der Waals surface area (Å²) in [7, 11) is 0. The van der Waals surface area contributed by atoms with Crippen molar-refractivity contribution in [3.8, 4) is 0 Å². The minimum atomic E-state index is -5.42. The van der Waals surface area contributed by atoms with Crippen LogP contribution in [0.1, 0.15) is 42.8 Å². The highest BCUT2D eigenvalue weighted by molar-refractivity contribution is 5.99. The molecule has 15 heteroatoms. The molecular formula is C32H27F6N3O6. The Hall–Kier alpha value is -5.05. The first-order valence-corrected chi connectivity index (χ1v) is 13.8. The number of aryl methyl sites for hydroxylation is 2. The molecule has 248 valence electrons. The predicted octanol–water partition coefficient (Wildman–Crippen LogP) is 6.61. The molecule has 1 atom stereocenters. The van der Waals surface area contributed by atoms with Gasteiger partial charge in [-0.15, -0.1) is 0 Å². The Balaban J connectivity index is 0.000000345. The van der Waals surface area contributed by atoms with E-state index in [1.54, 1.807) is 12.1 Å². The highest BCUT2D eigenvalue weighted by Gasteiger charge is 2.61. The van der Waals surface area contributed by atoms with Gasteiger partial charge < -0.3 is 19.5 Å². The van der Waals surface area contributed by atoms with Gasteiger partial charge in [-0.1, -0.05) is 54.5 Å². The van der Waals surface area contributed by atoms with Gasteiger partial charge in [-0.25, -0.2) is 9.59 Å². The molecule has 1 unspecified atom stereocenters. The molecule has 47 heavy (non-hydrogen) atoms. The van der Waals surface area contributed by atoms with Crippen LogP contribution in [-0.2, 0) is 16.4 Å². The van der Waals surface area contributed by atoms with E-state index in [0.29, 0.717) is 17.5 Å². The van der Waals surface area contributed by atoms with Gasteiger partial charge in [-0.05, 0) is 61.2 Å². The first-order chi connectivity index (χ1) is 21.7. The van der Waals surface area contributed by atoms with Gasteiger partial charge in [0.1, 0.15) is 0 Å². The van der Waals surface area contributed by atoms with Crippen molar-refractivity contribution in [1.29, 1.82) is 0 Å². The summed E-state index contributed by atoms with van der Waals surface area (Å²) in [6, 6.07) is 14.3. The quantitative estimate of drug-likeness (QED) is 0.201. The van der Waals surface area contributed by atoms with E-state index in [-0.39, 0.29) is 33.3 Å². The lowest BCUT2D eigenvalue weighted by Gasteiger charge is -2.36. The molecule has 2 aromatic heterocycles. The smallest absolute Gasteiger partial charge is 0.373 e. The summed E-state index contributed by atoms with van der Waals surface area (Å²) in [6.07, 6.45) is -11.2. The lowest BCUT2D eigenvalue weighted by atomic mass is 9.74. The summed E-state index contributed by atoms with van der Waals surface area (Å²) in [5, 5.41) is 21.5. The lowest BCUT2D eigenvalue weighted by molar-refractivity contribution is -0.254. The van der Waals surface area contributed by atoms with Crippen LogP contribution in [-0.4, -0.2) is 33.1 Å². The molecule has 0 spiro atoms. The molecule has 9 nitrogen and oxygen atoms in total. The number of aromatic nitrogens is 2. The highest BCUT2D eigenvalue weighted by atomic mass is 19.4. The molecular weight excluding hydrogens is 636 g/mol. The zero-order chi connectivity index (χ0) is 34.9. The van der Waals surface area contributed by atoms with Gasteiger partial charge >= 0.3 is 23.6 Å². The molecule has 5 aromatic rings. The van der Waals surface area contributed by atoms with E-state index in [4.69, 9.17) is 0 Å². The van der Waals surface area contributed by atoms with Crippen LogP contribution >= 0.6 is 0 Å². The Bertz CT molecular complexity index is 2050. The standard InChI is InChI=1S/C23H20F6N2O4.C9H7NO2/c1-12-17-10-15(8-9-16(17)18(32)35-31-12)30-19(33)21(34,23(27,28)29)11-20(2,3)13-4-6-14(7-5-13)22(24,25)26;1-6-7-4-2-3-5-8(7)9(11)12-10-6/h4-10,34H,11H2,1-3H3,(H,30,33);2-5H,1H3. The van der Waals surface area contributed by atoms with Crippen LogP contribution in [0, 0.1) is 13.8 Å². The average Bonchev–Trinajstić information content (AvgIpc) is 3.00. The van der Waals surface area contributed by atoms with Gasteiger partial charge in [0.05, 0.1) is 27.7 Å². The molecule has 5 rings (SSSR count). The number of halogens is 6. The van der Waals surface area contributed by atoms with E-state index in [2.05, 4.69) is 19.4 Å². The number of benzene rings is 3. The summed E-state index contributed by atoms with van der Waals surface area (Å²) in [5.74, 6) is -1.79. The number of amides is 1. The molecule has 0 radical (unpaired) electrons. The van der Waals surface area contributed by atoms with Crippen molar-refractivity contribution < 1.29 is 45.3 Å². The van der Waals surface area contributed by atoms with Gasteiger partial charge in [0.2, 0.25) is 5.60 Å². The van der Waals surface area contributed by atoms with E-state index < -0.39 is 46.9 Å². The molecule has 3 aromatic carbocycles. The maximum atomic E-state index is 14.0. The van der Waals surface area contributed by atoms with Crippen molar-refractivity contribution in [2.45, 2.75) is 57.5 Å². The Morgan fingerprint density at radius 2 is 1.23 bits per heavy atom. The van der Waals surface area contributed by atoms with Gasteiger partial charge in [0.25, 0.3) is 5.91 Å². The number of alkyl halides is 6. The average molecular weight is 664 g/mol. The van der Waals surface area contributed by atoms with E-state index in [0.717, 1.165) is 29.3 Å². The van der Waals surface area contributed by atoms with Crippen LogP contribution in [0.15, 0.2) is 85.4 Å². The zero-order valence-electron chi connectivity index (χ0n) is 25.2. The van der Waals surface area contributed by atoms with Crippen LogP contribution in [0.3, 0.4) is 0 Å². The topological polar surface area (TPSA) is 136 Å². The minimum absolute atomic E-state index is 0.0557. The summed E-state index contributed by atoms with van der Waals surface area (Å²) in [5.41, 5.74) is -6.71. The summed E-state index contributed by atoms with van der Waals surface area (Å²) in [6.45, 7) is 5.83. The van der Waals surface area contributed by atoms with Crippen LogP contribution in [0.5, 0.6) is 0 Å². The van der Waals surface area contributed by atoms with Crippen LogP contribution in [0.4, 0.5) is 32.0 Å². The largest absolute Gasteiger partial charge is 0.426 e. The van der Waals surface area contributed by atoms with Crippen molar-refractivity contribution in [2.24, 2.45) is 0 Å². The second kappa shape index (κ2) is 12.6. The Morgan fingerprint density at radius 3 is 1.74 bits per heavy atom. The van der Waals surface area contributed by atoms with Gasteiger partial charge in [-0.3, -0.25) is 4.79 Å². The van der Waals surface area contributed by atoms with Gasteiger partial charge in [0.15, 0.2) is 0 Å². The normalized spacial score (nSPS) is 13.5. The highest BCUT2D eigenvalue weighted by Crippen LogP contribution is 2.42. The van der Waals surface area contributed by atoms with E-state index >= 15 is 0 Å². The minimum Gasteiger partial charge on any atom is -0.373 e. The molecule has 0 aliphatic rings. The maximum absolute atomic E-state index is 14.0. The zero-order valence-corrected chi connectivity index (χ0v) is 25.2. The Kier molecular flexibility index (Phi) is 9.35. The fraction of sp³-hybridized carbons (Fsp3) is 0.281. The first-order valence-electron chi connectivity index (χ1n) is 13.8. The number of carbonyl (C=O) groups is 1. The molecule has 0 fully saturated rings. The second-order valence-corrected chi connectivity index (χ2v) is 11.4. The summed E-state index contributed by atoms with van der Waals surface area (Å²) >= 11 is 0.